The van der Waals surface area contributed by atoms with Crippen LogP contribution in [0.1, 0.15) is 50.8 Å². The number of halogens is 2. The molecular weight excluding hydrogens is 532 g/mol. The first-order valence-electron chi connectivity index (χ1n) is 14.6. The number of hydrogen-bond donors (Lipinski definition) is 1. The highest BCUT2D eigenvalue weighted by Gasteiger charge is 2.37. The number of ether oxygens (including phenoxy) is 2. The number of nitrogens with one attached hydrogen (secondary N) is 1. The van der Waals surface area contributed by atoms with Gasteiger partial charge in [-0.2, -0.15) is 9.97 Å². The fraction of sp³-hybridized carbons (Fsp3) is 0.586. The number of rotatable bonds is 8. The summed E-state index contributed by atoms with van der Waals surface area (Å²) >= 11 is 0. The monoisotopic (exact) mass is 569 g/mol. The molecule has 2 aromatic heterocycles. The summed E-state index contributed by atoms with van der Waals surface area (Å²) in [4.78, 5) is 30.3. The fourth-order valence-electron chi connectivity index (χ4n) is 6.51. The van der Waals surface area contributed by atoms with E-state index in [1.54, 1.807) is 24.3 Å². The van der Waals surface area contributed by atoms with E-state index in [0.29, 0.717) is 66.9 Å². The number of alkyl halides is 2. The van der Waals surface area contributed by atoms with Gasteiger partial charge >= 0.3 is 5.97 Å². The zero-order chi connectivity index (χ0) is 28.3. The van der Waals surface area contributed by atoms with Gasteiger partial charge in [0.1, 0.15) is 17.7 Å². The van der Waals surface area contributed by atoms with Crippen LogP contribution in [0.25, 0.3) is 16.9 Å². The van der Waals surface area contributed by atoms with Crippen molar-refractivity contribution in [3.63, 3.8) is 0 Å². The van der Waals surface area contributed by atoms with Crippen LogP contribution in [0.3, 0.4) is 0 Å². The molecule has 12 heteroatoms. The van der Waals surface area contributed by atoms with Crippen molar-refractivity contribution in [3.05, 3.63) is 36.2 Å². The van der Waals surface area contributed by atoms with Crippen molar-refractivity contribution in [2.45, 2.75) is 57.0 Å². The largest absolute Gasteiger partial charge is 0.468 e. The van der Waals surface area contributed by atoms with E-state index in [1.165, 1.54) is 11.7 Å². The molecule has 2 saturated heterocycles. The van der Waals surface area contributed by atoms with Gasteiger partial charge in [-0.25, -0.2) is 13.8 Å². The lowest BCUT2D eigenvalue weighted by atomic mass is 9.85. The quantitative estimate of drug-likeness (QED) is 0.401. The number of aromatic nitrogens is 4. The molecule has 3 aromatic rings. The Morgan fingerprint density at radius 1 is 1.07 bits per heavy atom. The molecule has 0 amide bonds. The Morgan fingerprint density at radius 3 is 2.61 bits per heavy atom. The molecule has 1 aromatic carbocycles. The Bertz CT molecular complexity index is 1360. The van der Waals surface area contributed by atoms with E-state index >= 15 is 0 Å². The minimum Gasteiger partial charge on any atom is -0.468 e. The van der Waals surface area contributed by atoms with Crippen LogP contribution >= 0.6 is 0 Å². The molecule has 0 unspecified atom stereocenters. The molecule has 41 heavy (non-hydrogen) atoms. The minimum atomic E-state index is -2.76. The van der Waals surface area contributed by atoms with E-state index in [1.807, 2.05) is 11.0 Å². The average Bonchev–Trinajstić information content (AvgIpc) is 3.66. The Hall–Kier alpha value is -3.38. The van der Waals surface area contributed by atoms with Gasteiger partial charge in [-0.1, -0.05) is 12.1 Å². The smallest absolute Gasteiger partial charge is 0.323 e. The Kier molecular flexibility index (Phi) is 8.29. The molecule has 220 valence electrons. The van der Waals surface area contributed by atoms with Gasteiger partial charge in [0.2, 0.25) is 5.95 Å². The number of morpholine rings is 1. The lowest BCUT2D eigenvalue weighted by Gasteiger charge is -2.37. The molecule has 10 nitrogen and oxygen atoms in total. The molecule has 0 radical (unpaired) electrons. The molecule has 0 spiro atoms. The Morgan fingerprint density at radius 2 is 1.85 bits per heavy atom. The maximum absolute atomic E-state index is 14.1. The van der Waals surface area contributed by atoms with Crippen LogP contribution < -0.4 is 10.2 Å². The zero-order valence-electron chi connectivity index (χ0n) is 23.3. The van der Waals surface area contributed by atoms with Gasteiger partial charge in [-0.3, -0.25) is 14.3 Å². The van der Waals surface area contributed by atoms with Crippen LogP contribution in [0.5, 0.6) is 0 Å². The van der Waals surface area contributed by atoms with E-state index in [4.69, 9.17) is 19.4 Å². The highest BCUT2D eigenvalue weighted by atomic mass is 19.3. The van der Waals surface area contributed by atoms with Gasteiger partial charge in [0.05, 0.1) is 31.4 Å². The maximum atomic E-state index is 14.1. The second-order valence-corrected chi connectivity index (χ2v) is 11.1. The number of carbonyl (C=O) groups is 1. The molecule has 3 aliphatic rings. The first-order chi connectivity index (χ1) is 20.0. The summed E-state index contributed by atoms with van der Waals surface area (Å²) in [5, 5.41) is 3.50. The molecular formula is C29H37F2N7O3. The average molecular weight is 570 g/mol. The first-order valence-corrected chi connectivity index (χ1v) is 14.6. The van der Waals surface area contributed by atoms with Crippen molar-refractivity contribution in [3.8, 4) is 5.82 Å². The van der Waals surface area contributed by atoms with Crippen molar-refractivity contribution in [1.82, 2.24) is 24.4 Å². The second kappa shape index (κ2) is 12.2. The SMILES string of the molecule is COC(=O)[C@@H]1CCCN1[C@H]1CC[C@@H](CNc2cc(-n3c(C(F)F)nc4ccccc43)nc(N3CCOCC3)n2)CC1. The normalized spacial score (nSPS) is 23.8. The fourth-order valence-corrected chi connectivity index (χ4v) is 6.51. The molecule has 0 bridgehead atoms. The number of para-hydroxylation sites is 2. The van der Waals surface area contributed by atoms with Crippen LogP contribution in [-0.4, -0.2) is 89.0 Å². The van der Waals surface area contributed by atoms with Crippen molar-refractivity contribution >= 4 is 28.8 Å². The number of benzene rings is 1. The third-order valence-corrected chi connectivity index (χ3v) is 8.63. The summed E-state index contributed by atoms with van der Waals surface area (Å²) in [5.41, 5.74) is 1.07. The number of likely N-dealkylation sites (tertiary alicyclic amines) is 1. The topological polar surface area (TPSA) is 97.6 Å². The Balaban J connectivity index is 1.21. The van der Waals surface area contributed by atoms with Crippen molar-refractivity contribution in [2.75, 3.05) is 56.7 Å². The molecule has 6 rings (SSSR count). The number of fused-ring (bicyclic) bond motifs is 1. The number of nitrogens with zero attached hydrogens (tertiary/aromatic N) is 6. The number of imidazole rings is 1. The molecule has 3 fully saturated rings. The van der Waals surface area contributed by atoms with Gasteiger partial charge in [0.15, 0.2) is 5.82 Å². The lowest BCUT2D eigenvalue weighted by Crippen LogP contribution is -2.45. The molecule has 4 heterocycles. The number of esters is 1. The zero-order valence-corrected chi connectivity index (χ0v) is 23.3. The summed E-state index contributed by atoms with van der Waals surface area (Å²) in [7, 11) is 1.47. The number of methoxy groups -OCH3 is 1. The highest BCUT2D eigenvalue weighted by molar-refractivity contribution is 5.78. The van der Waals surface area contributed by atoms with Crippen LogP contribution in [0.4, 0.5) is 20.5 Å². The van der Waals surface area contributed by atoms with Crippen LogP contribution in [0.15, 0.2) is 30.3 Å². The Labute approximate surface area is 238 Å². The predicted molar refractivity (Wildman–Crippen MR) is 151 cm³/mol. The van der Waals surface area contributed by atoms with E-state index in [-0.39, 0.29) is 17.8 Å². The van der Waals surface area contributed by atoms with Crippen LogP contribution in [0, 0.1) is 5.92 Å². The van der Waals surface area contributed by atoms with Crippen molar-refractivity contribution < 1.29 is 23.0 Å². The van der Waals surface area contributed by atoms with E-state index in [9.17, 15) is 13.6 Å². The summed E-state index contributed by atoms with van der Waals surface area (Å²) in [6.07, 6.45) is 3.29. The minimum absolute atomic E-state index is 0.116. The number of anilines is 2. The van der Waals surface area contributed by atoms with Gasteiger partial charge in [-0.05, 0) is 63.1 Å². The highest BCUT2D eigenvalue weighted by Crippen LogP contribution is 2.33. The molecule has 1 atom stereocenters. The van der Waals surface area contributed by atoms with Crippen molar-refractivity contribution in [1.29, 1.82) is 0 Å². The van der Waals surface area contributed by atoms with Crippen molar-refractivity contribution in [2.24, 2.45) is 5.92 Å². The van der Waals surface area contributed by atoms with Gasteiger partial charge in [0, 0.05) is 31.7 Å². The third-order valence-electron chi connectivity index (χ3n) is 8.63. The van der Waals surface area contributed by atoms with Gasteiger partial charge in [0.25, 0.3) is 6.43 Å². The van der Waals surface area contributed by atoms with E-state index < -0.39 is 6.43 Å². The lowest BCUT2D eigenvalue weighted by molar-refractivity contribution is -0.147. The van der Waals surface area contributed by atoms with Crippen LogP contribution in [0.2, 0.25) is 0 Å². The molecule has 1 aliphatic carbocycles. The summed E-state index contributed by atoms with van der Waals surface area (Å²) < 4.78 is 40.2. The van der Waals surface area contributed by atoms with E-state index in [0.717, 1.165) is 51.6 Å². The second-order valence-electron chi connectivity index (χ2n) is 11.1. The summed E-state index contributed by atoms with van der Waals surface area (Å²) in [5.74, 6) is 1.43. The standard InChI is InChI=1S/C29H37F2N7O3/c1-40-28(39)23-7-4-12-37(23)20-10-8-19(9-11-20)18-32-24-17-25(35-29(34-24)36-13-15-41-16-14-36)38-22-6-3-2-5-21(22)33-27(38)26(30)31/h2-3,5-6,17,19-20,23,26H,4,7-16,18H2,1H3,(H,32,34,35)/t19-,20+,23-/m0/s1. The molecule has 1 N–H and O–H groups in total. The first kappa shape index (κ1) is 27.8. The summed E-state index contributed by atoms with van der Waals surface area (Å²) in [6.45, 7) is 4.04. The van der Waals surface area contributed by atoms with Gasteiger partial charge < -0.3 is 19.7 Å². The van der Waals surface area contributed by atoms with E-state index in [2.05, 4.69) is 15.2 Å². The molecule has 1 saturated carbocycles. The maximum Gasteiger partial charge on any atom is 0.323 e. The number of hydrogen-bond acceptors (Lipinski definition) is 9. The van der Waals surface area contributed by atoms with Gasteiger partial charge in [-0.15, -0.1) is 0 Å². The van der Waals surface area contributed by atoms with Crippen LogP contribution in [-0.2, 0) is 14.3 Å². The summed E-state index contributed by atoms with van der Waals surface area (Å²) in [6, 6.07) is 9.13. The predicted octanol–water partition coefficient (Wildman–Crippen LogP) is 4.20. The number of carbonyl (C=O) groups excluding carboxylic acids is 1. The molecule has 2 aliphatic heterocycles. The third kappa shape index (κ3) is 5.85.